The molecule has 3 nitrogen and oxygen atoms in total. The van der Waals surface area contributed by atoms with Crippen molar-refractivity contribution >= 4 is 34.0 Å². The quantitative estimate of drug-likeness (QED) is 0.340. The Morgan fingerprint density at radius 1 is 0.724 bits per heavy atom. The Labute approximate surface area is 181 Å². The minimum atomic E-state index is -1.27. The van der Waals surface area contributed by atoms with Crippen molar-refractivity contribution in [2.45, 2.75) is 4.90 Å². The molecule has 1 heterocycles. The Bertz CT molecular complexity index is 1200. The summed E-state index contributed by atoms with van der Waals surface area (Å²) in [4.78, 5) is 9.25. The lowest BCUT2D eigenvalue weighted by atomic mass is 10.0. The van der Waals surface area contributed by atoms with Crippen LogP contribution in [0, 0.1) is 0 Å². The van der Waals surface area contributed by atoms with Crippen LogP contribution in [0.15, 0.2) is 83.8 Å². The van der Waals surface area contributed by atoms with Gasteiger partial charge in [0.15, 0.2) is 0 Å². The van der Waals surface area contributed by atoms with E-state index in [-0.39, 0.29) is 5.28 Å². The van der Waals surface area contributed by atoms with E-state index in [9.17, 15) is 4.21 Å². The van der Waals surface area contributed by atoms with Crippen LogP contribution in [0.2, 0.25) is 10.3 Å². The highest BCUT2D eigenvalue weighted by atomic mass is 35.5. The maximum atomic E-state index is 12.2. The van der Waals surface area contributed by atoms with Gasteiger partial charge in [-0.1, -0.05) is 78.3 Å². The third-order valence-corrected chi connectivity index (χ3v) is 6.13. The topological polar surface area (TPSA) is 42.9 Å². The molecule has 29 heavy (non-hydrogen) atoms. The summed E-state index contributed by atoms with van der Waals surface area (Å²) in [7, 11) is -1.27. The molecule has 0 N–H and O–H groups in total. The van der Waals surface area contributed by atoms with E-state index in [0.717, 1.165) is 16.7 Å². The molecule has 0 aliphatic heterocycles. The predicted molar refractivity (Wildman–Crippen MR) is 121 cm³/mol. The molecule has 0 bridgehead atoms. The smallest absolute Gasteiger partial charge is 0.223 e. The number of benzene rings is 3. The summed E-state index contributed by atoms with van der Waals surface area (Å²) >= 11 is 12.5. The zero-order valence-electron chi connectivity index (χ0n) is 15.5. The Kier molecular flexibility index (Phi) is 5.76. The van der Waals surface area contributed by atoms with Crippen LogP contribution in [0.5, 0.6) is 0 Å². The van der Waals surface area contributed by atoms with Gasteiger partial charge in [-0.2, -0.15) is 0 Å². The van der Waals surface area contributed by atoms with Crippen LogP contribution in [0.1, 0.15) is 0 Å². The molecule has 0 saturated carbocycles. The monoisotopic (exact) mass is 438 g/mol. The fourth-order valence-corrected chi connectivity index (χ4v) is 4.68. The van der Waals surface area contributed by atoms with Crippen LogP contribution in [0.4, 0.5) is 0 Å². The van der Waals surface area contributed by atoms with Crippen molar-refractivity contribution in [1.29, 1.82) is 0 Å². The summed E-state index contributed by atoms with van der Waals surface area (Å²) in [6, 6.07) is 25.5. The van der Waals surface area contributed by atoms with Crippen LogP contribution in [-0.4, -0.2) is 20.4 Å². The molecule has 0 aliphatic carbocycles. The van der Waals surface area contributed by atoms with Crippen LogP contribution < -0.4 is 0 Å². The molecular weight excluding hydrogens is 423 g/mol. The second-order valence-electron chi connectivity index (χ2n) is 6.42. The molecule has 4 aromatic rings. The van der Waals surface area contributed by atoms with Crippen molar-refractivity contribution in [3.8, 4) is 33.6 Å². The molecule has 0 spiro atoms. The SMILES string of the molecule is CS(=O)c1c(Cl)cccc1-c1cc(-c2ccc(-c3ccccc3)cc2)nc(Cl)n1. The normalized spacial score (nSPS) is 12.0. The lowest BCUT2D eigenvalue weighted by molar-refractivity contribution is 0.687. The maximum absolute atomic E-state index is 12.2. The Balaban J connectivity index is 1.77. The summed E-state index contributed by atoms with van der Waals surface area (Å²) in [5.74, 6) is 0. The first kappa shape index (κ1) is 19.8. The Morgan fingerprint density at radius 3 is 2.03 bits per heavy atom. The summed E-state index contributed by atoms with van der Waals surface area (Å²) in [5.41, 5.74) is 5.14. The summed E-state index contributed by atoms with van der Waals surface area (Å²) < 4.78 is 12.2. The lowest BCUT2D eigenvalue weighted by Gasteiger charge is -2.11. The van der Waals surface area contributed by atoms with Gasteiger partial charge in [0.05, 0.1) is 32.1 Å². The molecule has 6 heteroatoms. The number of halogens is 2. The molecule has 1 atom stereocenters. The molecular formula is C23H16Cl2N2OS. The highest BCUT2D eigenvalue weighted by molar-refractivity contribution is 7.84. The van der Waals surface area contributed by atoms with E-state index in [1.807, 2.05) is 54.6 Å². The van der Waals surface area contributed by atoms with E-state index in [0.29, 0.717) is 26.9 Å². The third kappa shape index (κ3) is 4.25. The van der Waals surface area contributed by atoms with E-state index in [1.165, 1.54) is 0 Å². The van der Waals surface area contributed by atoms with Gasteiger partial charge in [-0.3, -0.25) is 4.21 Å². The van der Waals surface area contributed by atoms with Crippen molar-refractivity contribution in [3.63, 3.8) is 0 Å². The molecule has 1 aromatic heterocycles. The second-order valence-corrected chi connectivity index (χ2v) is 8.48. The summed E-state index contributed by atoms with van der Waals surface area (Å²) in [6.07, 6.45) is 1.59. The average molecular weight is 439 g/mol. The predicted octanol–water partition coefficient (Wildman–Crippen LogP) is 6.52. The summed E-state index contributed by atoms with van der Waals surface area (Å²) in [5, 5.41) is 0.560. The molecule has 3 aromatic carbocycles. The zero-order chi connectivity index (χ0) is 20.4. The van der Waals surface area contributed by atoms with Gasteiger partial charge < -0.3 is 0 Å². The number of rotatable bonds is 4. The highest BCUT2D eigenvalue weighted by Crippen LogP contribution is 2.33. The number of nitrogens with zero attached hydrogens (tertiary/aromatic N) is 2. The number of hydrogen-bond acceptors (Lipinski definition) is 3. The van der Waals surface area contributed by atoms with Gasteiger partial charge in [-0.05, 0) is 34.9 Å². The minimum Gasteiger partial charge on any atom is -0.255 e. The van der Waals surface area contributed by atoms with Gasteiger partial charge in [0.1, 0.15) is 0 Å². The maximum Gasteiger partial charge on any atom is 0.223 e. The largest absolute Gasteiger partial charge is 0.255 e. The Morgan fingerprint density at radius 2 is 1.34 bits per heavy atom. The van der Waals surface area contributed by atoms with Gasteiger partial charge in [0.25, 0.3) is 0 Å². The molecule has 1 unspecified atom stereocenters. The highest BCUT2D eigenvalue weighted by Gasteiger charge is 2.16. The fourth-order valence-electron chi connectivity index (χ4n) is 3.17. The molecule has 0 fully saturated rings. The van der Waals surface area contributed by atoms with Crippen molar-refractivity contribution in [2.24, 2.45) is 0 Å². The van der Waals surface area contributed by atoms with E-state index < -0.39 is 10.8 Å². The first-order valence-corrected chi connectivity index (χ1v) is 11.2. The van der Waals surface area contributed by atoms with Crippen LogP contribution >= 0.6 is 23.2 Å². The van der Waals surface area contributed by atoms with E-state index in [4.69, 9.17) is 23.2 Å². The van der Waals surface area contributed by atoms with Crippen LogP contribution in [0.25, 0.3) is 33.6 Å². The standard InChI is InChI=1S/C23H16Cl2N2OS/c1-29(28)22-18(8-5-9-19(22)24)21-14-20(26-23(25)27-21)17-12-10-16(11-13-17)15-6-3-2-4-7-15/h2-14H,1H3. The lowest BCUT2D eigenvalue weighted by Crippen LogP contribution is -1.97. The van der Waals surface area contributed by atoms with Crippen molar-refractivity contribution < 1.29 is 4.21 Å². The molecule has 0 amide bonds. The van der Waals surface area contributed by atoms with Crippen LogP contribution in [-0.2, 0) is 10.8 Å². The van der Waals surface area contributed by atoms with Crippen molar-refractivity contribution in [2.75, 3.05) is 6.26 Å². The molecule has 0 radical (unpaired) electrons. The van der Waals surface area contributed by atoms with E-state index in [1.54, 1.807) is 18.4 Å². The first-order chi connectivity index (χ1) is 14.0. The van der Waals surface area contributed by atoms with Gasteiger partial charge in [0, 0.05) is 17.4 Å². The summed E-state index contributed by atoms with van der Waals surface area (Å²) in [6.45, 7) is 0. The van der Waals surface area contributed by atoms with Crippen molar-refractivity contribution in [1.82, 2.24) is 9.97 Å². The van der Waals surface area contributed by atoms with Gasteiger partial charge in [-0.25, -0.2) is 9.97 Å². The number of hydrogen-bond donors (Lipinski definition) is 0. The Hall–Kier alpha value is -2.53. The molecule has 0 saturated heterocycles. The van der Waals surface area contributed by atoms with Crippen LogP contribution in [0.3, 0.4) is 0 Å². The second kappa shape index (κ2) is 8.46. The van der Waals surface area contributed by atoms with E-state index in [2.05, 4.69) is 22.1 Å². The van der Waals surface area contributed by atoms with Gasteiger partial charge in [-0.15, -0.1) is 0 Å². The zero-order valence-corrected chi connectivity index (χ0v) is 17.8. The average Bonchev–Trinajstić information content (AvgIpc) is 2.73. The molecule has 4 rings (SSSR count). The van der Waals surface area contributed by atoms with Crippen molar-refractivity contribution in [3.05, 3.63) is 89.2 Å². The van der Waals surface area contributed by atoms with E-state index >= 15 is 0 Å². The number of aromatic nitrogens is 2. The van der Waals surface area contributed by atoms with Gasteiger partial charge >= 0.3 is 0 Å². The fraction of sp³-hybridized carbons (Fsp3) is 0.0435. The third-order valence-electron chi connectivity index (χ3n) is 4.52. The molecule has 0 aliphatic rings. The molecule has 144 valence electrons. The van der Waals surface area contributed by atoms with Gasteiger partial charge in [0.2, 0.25) is 5.28 Å². The minimum absolute atomic E-state index is 0.123. The first-order valence-electron chi connectivity index (χ1n) is 8.85.